The number of aliphatic imine (C=N–C) groups is 1. The molecule has 2 rings (SSSR count). The van der Waals surface area contributed by atoms with Crippen molar-refractivity contribution < 1.29 is 14.3 Å². The van der Waals surface area contributed by atoms with E-state index in [-0.39, 0.29) is 42.0 Å². The lowest BCUT2D eigenvalue weighted by Crippen LogP contribution is -2.49. The highest BCUT2D eigenvalue weighted by molar-refractivity contribution is 14.0. The molecule has 1 aliphatic rings. The van der Waals surface area contributed by atoms with Crippen molar-refractivity contribution in [3.8, 4) is 0 Å². The van der Waals surface area contributed by atoms with E-state index in [0.29, 0.717) is 31.8 Å². The molecule has 1 heterocycles. The summed E-state index contributed by atoms with van der Waals surface area (Å²) in [5, 5.41) is 9.33. The van der Waals surface area contributed by atoms with Gasteiger partial charge in [0.1, 0.15) is 0 Å². The van der Waals surface area contributed by atoms with Gasteiger partial charge in [-0.25, -0.2) is 9.79 Å². The summed E-state index contributed by atoms with van der Waals surface area (Å²) in [6, 6.07) is 7.69. The van der Waals surface area contributed by atoms with Gasteiger partial charge in [-0.05, 0) is 44.4 Å². The van der Waals surface area contributed by atoms with Gasteiger partial charge in [-0.1, -0.05) is 12.1 Å². The van der Waals surface area contributed by atoms with Gasteiger partial charge in [0.15, 0.2) is 5.96 Å². The minimum absolute atomic E-state index is 0. The molecule has 29 heavy (non-hydrogen) atoms. The number of likely N-dealkylation sites (tertiary alicyclic amines) is 1. The Bertz CT molecular complexity index is 673. The van der Waals surface area contributed by atoms with Gasteiger partial charge in [-0.2, -0.15) is 0 Å². The average Bonchev–Trinajstić information content (AvgIpc) is 2.72. The van der Waals surface area contributed by atoms with Gasteiger partial charge in [0.25, 0.3) is 5.91 Å². The second-order valence-corrected chi connectivity index (χ2v) is 6.58. The number of ether oxygens (including phenoxy) is 1. The Balaban J connectivity index is 0.00000420. The number of nitrogens with zero attached hydrogens (tertiary/aromatic N) is 2. The molecule has 0 unspecified atom stereocenters. The highest BCUT2D eigenvalue weighted by Gasteiger charge is 2.24. The van der Waals surface area contributed by atoms with Crippen LogP contribution in [0.1, 0.15) is 42.6 Å². The number of rotatable bonds is 6. The van der Waals surface area contributed by atoms with Crippen molar-refractivity contribution in [1.82, 2.24) is 20.9 Å². The number of piperidine rings is 1. The van der Waals surface area contributed by atoms with Crippen LogP contribution in [-0.2, 0) is 11.3 Å². The van der Waals surface area contributed by atoms with Crippen molar-refractivity contribution in [2.45, 2.75) is 39.3 Å². The molecule has 1 aromatic carbocycles. The van der Waals surface area contributed by atoms with E-state index in [1.54, 1.807) is 24.1 Å². The number of carbonyl (C=O) groups is 2. The smallest absolute Gasteiger partial charge is 0.409 e. The molecule has 0 bridgehead atoms. The molecule has 0 aliphatic carbocycles. The van der Waals surface area contributed by atoms with Gasteiger partial charge in [0, 0.05) is 38.3 Å². The Labute approximate surface area is 189 Å². The minimum Gasteiger partial charge on any atom is -0.450 e. The number of benzene rings is 1. The number of halogens is 1. The van der Waals surface area contributed by atoms with E-state index in [1.807, 2.05) is 26.0 Å². The Hall–Kier alpha value is -2.04. The summed E-state index contributed by atoms with van der Waals surface area (Å²) in [7, 11) is 1.62. The summed E-state index contributed by atoms with van der Waals surface area (Å²) >= 11 is 0. The third-order valence-corrected chi connectivity index (χ3v) is 4.57. The number of hydrogen-bond acceptors (Lipinski definition) is 4. The molecule has 0 spiro atoms. The maximum atomic E-state index is 11.8. The van der Waals surface area contributed by atoms with Crippen LogP contribution >= 0.6 is 24.0 Å². The maximum Gasteiger partial charge on any atom is 0.409 e. The van der Waals surface area contributed by atoms with Gasteiger partial charge >= 0.3 is 6.09 Å². The number of amides is 2. The lowest BCUT2D eigenvalue weighted by atomic mass is 10.1. The Morgan fingerprint density at radius 3 is 2.38 bits per heavy atom. The van der Waals surface area contributed by atoms with E-state index in [9.17, 15) is 9.59 Å². The molecule has 0 radical (unpaired) electrons. The van der Waals surface area contributed by atoms with Crippen LogP contribution in [0.4, 0.5) is 4.79 Å². The lowest BCUT2D eigenvalue weighted by molar-refractivity contribution is 0.0955. The quantitative estimate of drug-likeness (QED) is 0.306. The number of hydrogen-bond donors (Lipinski definition) is 3. The zero-order valence-electron chi connectivity index (χ0n) is 17.4. The molecule has 1 aliphatic heterocycles. The average molecular weight is 517 g/mol. The summed E-state index contributed by atoms with van der Waals surface area (Å²) in [5.74, 6) is 0.659. The number of nitrogens with one attached hydrogen (secondary N) is 3. The predicted molar refractivity (Wildman–Crippen MR) is 125 cm³/mol. The fourth-order valence-corrected chi connectivity index (χ4v) is 3.01. The zero-order chi connectivity index (χ0) is 20.4. The van der Waals surface area contributed by atoms with Gasteiger partial charge in [-0.3, -0.25) is 4.79 Å². The van der Waals surface area contributed by atoms with Crippen LogP contribution in [0.25, 0.3) is 0 Å². The van der Waals surface area contributed by atoms with E-state index >= 15 is 0 Å². The van der Waals surface area contributed by atoms with Crippen LogP contribution in [0.15, 0.2) is 29.3 Å². The van der Waals surface area contributed by atoms with E-state index < -0.39 is 0 Å². The van der Waals surface area contributed by atoms with E-state index in [1.165, 1.54) is 0 Å². The maximum absolute atomic E-state index is 11.8. The van der Waals surface area contributed by atoms with Crippen molar-refractivity contribution >= 4 is 41.9 Å². The monoisotopic (exact) mass is 517 g/mol. The molecule has 2 amide bonds. The van der Waals surface area contributed by atoms with Crippen molar-refractivity contribution in [2.75, 3.05) is 33.3 Å². The molecule has 1 aromatic rings. The molecule has 3 N–H and O–H groups in total. The van der Waals surface area contributed by atoms with E-state index in [2.05, 4.69) is 20.9 Å². The molecule has 162 valence electrons. The minimum atomic E-state index is -0.235. The Morgan fingerprint density at radius 1 is 1.17 bits per heavy atom. The molecular weight excluding hydrogens is 485 g/mol. The topological polar surface area (TPSA) is 95.1 Å². The highest BCUT2D eigenvalue weighted by Crippen LogP contribution is 2.12. The Morgan fingerprint density at radius 2 is 1.83 bits per heavy atom. The summed E-state index contributed by atoms with van der Waals surface area (Å²) in [6.07, 6.45) is 1.47. The summed E-state index contributed by atoms with van der Waals surface area (Å²) in [6.45, 7) is 6.89. The van der Waals surface area contributed by atoms with Crippen molar-refractivity contribution in [3.63, 3.8) is 0 Å². The predicted octanol–water partition coefficient (Wildman–Crippen LogP) is 2.34. The fourth-order valence-electron chi connectivity index (χ4n) is 3.01. The van der Waals surface area contributed by atoms with Crippen LogP contribution in [0.2, 0.25) is 0 Å². The van der Waals surface area contributed by atoms with Gasteiger partial charge < -0.3 is 25.6 Å². The molecule has 0 atom stereocenters. The number of carbonyl (C=O) groups excluding carboxylic acids is 2. The van der Waals surface area contributed by atoms with E-state index in [0.717, 1.165) is 30.9 Å². The normalized spacial score (nSPS) is 14.6. The van der Waals surface area contributed by atoms with Crippen LogP contribution in [0.5, 0.6) is 0 Å². The molecular formula is C20H32IN5O3. The summed E-state index contributed by atoms with van der Waals surface area (Å²) in [5.41, 5.74) is 1.66. The summed E-state index contributed by atoms with van der Waals surface area (Å²) in [4.78, 5) is 29.8. The van der Waals surface area contributed by atoms with Crippen LogP contribution in [0, 0.1) is 0 Å². The second-order valence-electron chi connectivity index (χ2n) is 6.58. The van der Waals surface area contributed by atoms with Gasteiger partial charge in [-0.15, -0.1) is 24.0 Å². The first-order valence-corrected chi connectivity index (χ1v) is 9.84. The van der Waals surface area contributed by atoms with Crippen molar-refractivity contribution in [2.24, 2.45) is 4.99 Å². The first-order chi connectivity index (χ1) is 13.6. The number of guanidine groups is 1. The van der Waals surface area contributed by atoms with Gasteiger partial charge in [0.2, 0.25) is 0 Å². The zero-order valence-corrected chi connectivity index (χ0v) is 19.7. The van der Waals surface area contributed by atoms with Gasteiger partial charge in [0.05, 0.1) is 13.2 Å². The summed E-state index contributed by atoms with van der Waals surface area (Å²) < 4.78 is 5.06. The van der Waals surface area contributed by atoms with E-state index in [4.69, 9.17) is 4.74 Å². The standard InChI is InChI=1S/C20H31N5O3.HI/c1-4-22-19(23-14-15-6-8-16(9-7-15)18(26)21-3)24-17-10-12-25(13-11-17)20(27)28-5-2;/h6-9,17H,4-5,10-14H2,1-3H3,(H,21,26)(H2,22,23,24);1H. The first kappa shape index (κ1) is 25.0. The molecule has 1 fully saturated rings. The van der Waals surface area contributed by atoms with Crippen LogP contribution < -0.4 is 16.0 Å². The SMILES string of the molecule is CCNC(=NCc1ccc(C(=O)NC)cc1)NC1CCN(C(=O)OCC)CC1.I. The van der Waals surface area contributed by atoms with Crippen LogP contribution in [-0.4, -0.2) is 62.2 Å². The third kappa shape index (κ3) is 8.08. The largest absolute Gasteiger partial charge is 0.450 e. The molecule has 8 nitrogen and oxygen atoms in total. The van der Waals surface area contributed by atoms with Crippen molar-refractivity contribution in [3.05, 3.63) is 35.4 Å². The molecule has 9 heteroatoms. The molecule has 0 saturated carbocycles. The molecule has 1 saturated heterocycles. The van der Waals surface area contributed by atoms with Crippen LogP contribution in [0.3, 0.4) is 0 Å². The lowest BCUT2D eigenvalue weighted by Gasteiger charge is -2.32. The Kier molecular flexibility index (Phi) is 11.4. The fraction of sp³-hybridized carbons (Fsp3) is 0.550. The highest BCUT2D eigenvalue weighted by atomic mass is 127. The first-order valence-electron chi connectivity index (χ1n) is 9.84. The van der Waals surface area contributed by atoms with Crippen molar-refractivity contribution in [1.29, 1.82) is 0 Å². The second kappa shape index (κ2) is 13.2. The molecule has 0 aromatic heterocycles. The third-order valence-electron chi connectivity index (χ3n) is 4.57.